The van der Waals surface area contributed by atoms with Crippen molar-refractivity contribution in [2.75, 3.05) is 78.9 Å². The number of benzene rings is 1. The van der Waals surface area contributed by atoms with Gasteiger partial charge < -0.3 is 30.2 Å². The molecule has 5 fully saturated rings. The van der Waals surface area contributed by atoms with Crippen LogP contribution in [-0.4, -0.2) is 78.9 Å². The number of rotatable bonds is 0. The van der Waals surface area contributed by atoms with Gasteiger partial charge in [-0.05, 0) is 185 Å². The number of hydrogen-bond donors (Lipinski definition) is 3. The van der Waals surface area contributed by atoms with Crippen molar-refractivity contribution in [3.8, 4) is 0 Å². The largest absolute Gasteiger partial charge is 0.381 e. The first-order valence-electron chi connectivity index (χ1n) is 41.5. The zero-order valence-electron chi connectivity index (χ0n) is 75.5. The number of hydrogen-bond acceptors (Lipinski definition) is 7. The third-order valence-electron chi connectivity index (χ3n) is 8.51. The predicted octanol–water partition coefficient (Wildman–Crippen LogP) is 30.4. The average molecular weight is 1400 g/mol. The highest BCUT2D eigenvalue weighted by molar-refractivity contribution is 7.07. The maximum atomic E-state index is 5.07. The van der Waals surface area contributed by atoms with E-state index >= 15 is 0 Å². The molecule has 7 heteroatoms. The van der Waals surface area contributed by atoms with Crippen molar-refractivity contribution in [2.24, 2.45) is 47.3 Å². The molecule has 0 bridgehead atoms. The lowest BCUT2D eigenvalue weighted by atomic mass is 9.92. The van der Waals surface area contributed by atoms with E-state index in [1.54, 1.807) is 22.5 Å². The summed E-state index contributed by atoms with van der Waals surface area (Å²) >= 11 is 1.71. The molecule has 0 amide bonds. The molecule has 0 unspecified atom stereocenters. The van der Waals surface area contributed by atoms with Crippen LogP contribution in [0.25, 0.3) is 0 Å². The molecule has 0 atom stereocenters. The van der Waals surface area contributed by atoms with Crippen molar-refractivity contribution in [3.05, 3.63) is 82.6 Å². The van der Waals surface area contributed by atoms with Crippen molar-refractivity contribution < 1.29 is 14.2 Å². The summed E-state index contributed by atoms with van der Waals surface area (Å²) < 4.78 is 15.0. The lowest BCUT2D eigenvalue weighted by Gasteiger charge is -2.13. The fraction of sp³-hybridized carbons (Fsp3) is 0.844. The highest BCUT2D eigenvalue weighted by Crippen LogP contribution is 2.19. The number of thiophene rings is 1. The lowest BCUT2D eigenvalue weighted by molar-refractivity contribution is 0.0968. The van der Waals surface area contributed by atoms with Crippen LogP contribution >= 0.6 is 11.3 Å². The van der Waals surface area contributed by atoms with Gasteiger partial charge in [0.15, 0.2) is 0 Å². The zero-order valence-corrected chi connectivity index (χ0v) is 76.3. The molecule has 598 valence electrons. The van der Waals surface area contributed by atoms with Gasteiger partial charge in [0.2, 0.25) is 0 Å². The van der Waals surface area contributed by atoms with E-state index in [4.69, 9.17) is 14.2 Å². The Morgan fingerprint density at radius 3 is 0.577 bits per heavy atom. The molecule has 6 nitrogen and oxygen atoms in total. The topological polar surface area (TPSA) is 63.8 Å². The van der Waals surface area contributed by atoms with Gasteiger partial charge in [-0.25, -0.2) is 0 Å². The molecule has 97 heavy (non-hydrogen) atoms. The number of allylic oxidation sites excluding steroid dienone is 4. The van der Waals surface area contributed by atoms with Gasteiger partial charge in [-0.15, -0.1) is 0 Å². The van der Waals surface area contributed by atoms with Crippen LogP contribution in [0.5, 0.6) is 0 Å². The van der Waals surface area contributed by atoms with Crippen molar-refractivity contribution in [1.29, 1.82) is 0 Å². The Bertz CT molecular complexity index is 1090. The van der Waals surface area contributed by atoms with Gasteiger partial charge in [0, 0.05) is 39.5 Å². The van der Waals surface area contributed by atoms with Gasteiger partial charge in [0.1, 0.15) is 0 Å². The summed E-state index contributed by atoms with van der Waals surface area (Å²) in [5, 5.41) is 13.8. The Balaban J connectivity index is -0.0000000565. The second-order valence-corrected chi connectivity index (χ2v) is 27.5. The zero-order chi connectivity index (χ0) is 79.0. The first kappa shape index (κ1) is 131. The van der Waals surface area contributed by atoms with E-state index in [9.17, 15) is 0 Å². The number of piperidine rings is 2. The van der Waals surface area contributed by atoms with Gasteiger partial charge in [-0.1, -0.05) is 350 Å². The summed E-state index contributed by atoms with van der Waals surface area (Å²) in [7, 11) is 0. The maximum Gasteiger partial charge on any atom is 0.0591 e. The molecule has 3 N–H and O–H groups in total. The van der Waals surface area contributed by atoms with E-state index in [1.807, 2.05) is 134 Å². The minimum Gasteiger partial charge on any atom is -0.381 e. The van der Waals surface area contributed by atoms with E-state index in [0.29, 0.717) is 0 Å². The van der Waals surface area contributed by atoms with Crippen LogP contribution in [0, 0.1) is 47.3 Å². The lowest BCUT2D eigenvalue weighted by Crippen LogP contribution is -2.30. The number of nitrogens with one attached hydrogen (secondary N) is 3. The minimum atomic E-state index is 0.833. The van der Waals surface area contributed by atoms with Crippen molar-refractivity contribution in [2.45, 2.75) is 380 Å². The molecule has 2 aliphatic carbocycles. The van der Waals surface area contributed by atoms with Crippen molar-refractivity contribution in [3.63, 3.8) is 0 Å². The van der Waals surface area contributed by atoms with Crippen LogP contribution in [0.15, 0.2) is 71.5 Å². The molecule has 6 heterocycles. The van der Waals surface area contributed by atoms with Crippen LogP contribution < -0.4 is 16.0 Å². The van der Waals surface area contributed by atoms with Crippen LogP contribution in [0.1, 0.15) is 378 Å². The molecule has 1 aromatic heterocycles. The van der Waals surface area contributed by atoms with Gasteiger partial charge in [0.25, 0.3) is 0 Å². The third-order valence-corrected chi connectivity index (χ3v) is 9.14. The quantitative estimate of drug-likeness (QED) is 0.244. The second-order valence-electron chi connectivity index (χ2n) is 26.7. The van der Waals surface area contributed by atoms with Crippen molar-refractivity contribution >= 4 is 11.3 Å². The molecule has 9 rings (SSSR count). The monoisotopic (exact) mass is 1400 g/mol. The normalized spacial score (nSPS) is 13.6. The van der Waals surface area contributed by atoms with Crippen LogP contribution in [-0.2, 0) is 27.1 Å². The Morgan fingerprint density at radius 2 is 0.464 bits per heavy atom. The minimum absolute atomic E-state index is 0.833. The highest BCUT2D eigenvalue weighted by Gasteiger charge is 2.06. The first-order chi connectivity index (χ1) is 46.3. The molecular formula is C90H199N3O3S. The Morgan fingerprint density at radius 1 is 0.258 bits per heavy atom. The molecular weight excluding hydrogens is 1200 g/mol. The second kappa shape index (κ2) is 145. The molecule has 0 spiro atoms. The smallest absolute Gasteiger partial charge is 0.0591 e. The van der Waals surface area contributed by atoms with Gasteiger partial charge in [-0.3, -0.25) is 0 Å². The fourth-order valence-corrected chi connectivity index (χ4v) is 6.07. The summed E-state index contributed by atoms with van der Waals surface area (Å²) in [5.74, 6) is 6.67. The summed E-state index contributed by atoms with van der Waals surface area (Å²) in [6, 6.07) is 12.8. The number of ether oxygens (including phenoxy) is 3. The molecule has 5 aliphatic heterocycles. The average Bonchev–Trinajstić information content (AvgIpc) is 1.42. The SMILES string of the molecule is C1=CCC=C1.C1CCNCC1.C1CCNCC1.C1CCOC1.C1CCOCC1.C1COCCN1.CC.CC.CC.CC.CC.CC.CC.CC.CC(C)C.CC(C)C.CC(C)C.CC(C)C.CC(C)C.CC(C)C.CC(C)C.CC(C)C.c1ccc2c(c1)CCCC2.c1ccsc1. The molecule has 2 aromatic rings. The summed E-state index contributed by atoms with van der Waals surface area (Å²) in [6.07, 6.45) is 29.8. The van der Waals surface area contributed by atoms with E-state index in [2.05, 4.69) is 231 Å². The molecule has 0 saturated carbocycles. The maximum absolute atomic E-state index is 5.07. The summed E-state index contributed by atoms with van der Waals surface area (Å²) in [6.45, 7) is 96.8. The van der Waals surface area contributed by atoms with E-state index < -0.39 is 0 Å². The number of fused-ring (bicyclic) bond motifs is 1. The van der Waals surface area contributed by atoms with E-state index in [-0.39, 0.29) is 0 Å². The van der Waals surface area contributed by atoms with E-state index in [0.717, 1.165) is 106 Å². The number of morpholine rings is 1. The Hall–Kier alpha value is -1.84. The molecule has 1 aromatic carbocycles. The molecule has 7 aliphatic rings. The van der Waals surface area contributed by atoms with Crippen LogP contribution in [0.2, 0.25) is 0 Å². The van der Waals surface area contributed by atoms with Crippen LogP contribution in [0.4, 0.5) is 0 Å². The third kappa shape index (κ3) is 263. The van der Waals surface area contributed by atoms with Gasteiger partial charge >= 0.3 is 0 Å². The van der Waals surface area contributed by atoms with E-state index in [1.165, 1.54) is 122 Å². The van der Waals surface area contributed by atoms with Gasteiger partial charge in [-0.2, -0.15) is 11.3 Å². The number of aryl methyl sites for hydroxylation is 2. The Labute approximate surface area is 626 Å². The summed E-state index contributed by atoms with van der Waals surface area (Å²) in [4.78, 5) is 0. The first-order valence-corrected chi connectivity index (χ1v) is 42.5. The Kier molecular flexibility index (Phi) is 196. The predicted molar refractivity (Wildman–Crippen MR) is 467 cm³/mol. The van der Waals surface area contributed by atoms with Crippen LogP contribution in [0.3, 0.4) is 0 Å². The summed E-state index contributed by atoms with van der Waals surface area (Å²) in [5.41, 5.74) is 3.16. The molecule has 5 saturated heterocycles. The van der Waals surface area contributed by atoms with Crippen molar-refractivity contribution in [1.82, 2.24) is 16.0 Å². The standard InChI is InChI=1S/C10H12.2C5H11N.C5H10O.C5H6.C4H9NO.C4H8O.C4H4S.8C4H10.8C2H6/c1-2-6-10-8-4-3-7-9(10)5-1;3*1-2-4-6-5-3-1;1-2-4-5-3-1;1-3-6-4-2-5-1;2*1-2-4-5-3-1;8*1-4(2)3;8*1-2/h1-2,5-6H,3-4,7-8H2;2*6H,1-5H2;1-5H2;1-4H,5H2;5H,1-4H2;1-4H2;1-4H;8*4H,1-3H3;8*1-2H3. The molecule has 0 radical (unpaired) electrons. The van der Waals surface area contributed by atoms with Gasteiger partial charge in [0.05, 0.1) is 13.2 Å². The highest BCUT2D eigenvalue weighted by atomic mass is 32.1. The fourth-order valence-electron chi connectivity index (χ4n) is 5.61.